The molecule has 0 aliphatic rings. The zero-order valence-electron chi connectivity index (χ0n) is 9.57. The molecule has 0 spiro atoms. The summed E-state index contributed by atoms with van der Waals surface area (Å²) in [5, 5.41) is 3.85. The van der Waals surface area contributed by atoms with Gasteiger partial charge in [0, 0.05) is 32.0 Å². The van der Waals surface area contributed by atoms with E-state index in [2.05, 4.69) is 17.2 Å². The number of nitrogens with zero attached hydrogens (tertiary/aromatic N) is 1. The average Bonchev–Trinajstić information content (AvgIpc) is 2.25. The second-order valence-electron chi connectivity index (χ2n) is 3.50. The van der Waals surface area contributed by atoms with Gasteiger partial charge in [-0.25, -0.2) is 0 Å². The molecule has 0 radical (unpaired) electrons. The number of nitrogens with one attached hydrogen (secondary N) is 1. The van der Waals surface area contributed by atoms with Crippen molar-refractivity contribution in [3.05, 3.63) is 23.5 Å². The minimum absolute atomic E-state index is 0.325. The Hall–Kier alpha value is -0.840. The molecule has 1 rings (SSSR count). The summed E-state index contributed by atoms with van der Waals surface area (Å²) >= 11 is 5.77. The van der Waals surface area contributed by atoms with Gasteiger partial charge in [0.05, 0.1) is 17.8 Å². The molecule has 0 fully saturated rings. The van der Waals surface area contributed by atoms with Crippen LogP contribution >= 0.6 is 11.6 Å². The summed E-state index contributed by atoms with van der Waals surface area (Å²) < 4.78 is 10.5. The van der Waals surface area contributed by atoms with Crippen LogP contribution in [-0.2, 0) is 4.74 Å². The van der Waals surface area contributed by atoms with E-state index < -0.39 is 0 Å². The Morgan fingerprint density at radius 2 is 2.31 bits per heavy atom. The highest BCUT2D eigenvalue weighted by Gasteiger charge is 2.00. The molecule has 0 saturated heterocycles. The van der Waals surface area contributed by atoms with E-state index in [9.17, 15) is 0 Å². The number of methoxy groups -OCH3 is 1. The van der Waals surface area contributed by atoms with E-state index >= 15 is 0 Å². The maximum Gasteiger partial charge on any atom is 0.139 e. The fourth-order valence-corrected chi connectivity index (χ4v) is 1.42. The van der Waals surface area contributed by atoms with Gasteiger partial charge >= 0.3 is 0 Å². The number of rotatable bonds is 7. The first-order valence-corrected chi connectivity index (χ1v) is 5.56. The molecule has 1 aromatic heterocycles. The van der Waals surface area contributed by atoms with E-state index in [0.717, 1.165) is 6.54 Å². The van der Waals surface area contributed by atoms with Gasteiger partial charge in [-0.1, -0.05) is 11.6 Å². The van der Waals surface area contributed by atoms with Crippen LogP contribution in [0.25, 0.3) is 0 Å². The molecule has 1 N–H and O–H groups in total. The molecule has 0 amide bonds. The number of ether oxygens (including phenoxy) is 2. The molecule has 5 heteroatoms. The van der Waals surface area contributed by atoms with Gasteiger partial charge in [-0.05, 0) is 6.92 Å². The summed E-state index contributed by atoms with van der Waals surface area (Å²) in [5.74, 6) is 0.689. The van der Waals surface area contributed by atoms with E-state index in [-0.39, 0.29) is 0 Å². The fourth-order valence-electron chi connectivity index (χ4n) is 1.25. The maximum atomic E-state index is 5.77. The van der Waals surface area contributed by atoms with Crippen molar-refractivity contribution >= 4 is 11.6 Å². The SMILES string of the molecule is COCC(C)NCCOc1cncc(Cl)c1. The third-order valence-electron chi connectivity index (χ3n) is 1.96. The Morgan fingerprint density at radius 1 is 1.50 bits per heavy atom. The average molecular weight is 245 g/mol. The van der Waals surface area contributed by atoms with Crippen LogP contribution in [0.3, 0.4) is 0 Å². The van der Waals surface area contributed by atoms with Gasteiger partial charge in [0.2, 0.25) is 0 Å². The molecule has 90 valence electrons. The predicted octanol–water partition coefficient (Wildman–Crippen LogP) is 1.74. The lowest BCUT2D eigenvalue weighted by atomic mass is 10.3. The minimum Gasteiger partial charge on any atom is -0.491 e. The second-order valence-corrected chi connectivity index (χ2v) is 3.93. The lowest BCUT2D eigenvalue weighted by Crippen LogP contribution is -2.33. The van der Waals surface area contributed by atoms with Gasteiger partial charge in [-0.2, -0.15) is 0 Å². The number of hydrogen-bond acceptors (Lipinski definition) is 4. The Kier molecular flexibility index (Phi) is 6.15. The van der Waals surface area contributed by atoms with E-state index in [0.29, 0.717) is 30.0 Å². The molecule has 1 unspecified atom stereocenters. The summed E-state index contributed by atoms with van der Waals surface area (Å²) in [6.07, 6.45) is 3.22. The molecule has 4 nitrogen and oxygen atoms in total. The number of halogens is 1. The van der Waals surface area contributed by atoms with E-state index in [1.807, 2.05) is 0 Å². The topological polar surface area (TPSA) is 43.4 Å². The first kappa shape index (κ1) is 13.2. The molecule has 1 atom stereocenters. The lowest BCUT2D eigenvalue weighted by Gasteiger charge is -2.12. The zero-order valence-corrected chi connectivity index (χ0v) is 10.3. The number of hydrogen-bond donors (Lipinski definition) is 1. The minimum atomic E-state index is 0.325. The Bertz CT molecular complexity index is 310. The second kappa shape index (κ2) is 7.44. The zero-order chi connectivity index (χ0) is 11.8. The van der Waals surface area contributed by atoms with Crippen LogP contribution < -0.4 is 10.1 Å². The molecule has 0 saturated carbocycles. The largest absolute Gasteiger partial charge is 0.491 e. The summed E-state index contributed by atoms with van der Waals surface area (Å²) in [5.41, 5.74) is 0. The quantitative estimate of drug-likeness (QED) is 0.742. The van der Waals surface area contributed by atoms with Crippen molar-refractivity contribution in [3.8, 4) is 5.75 Å². The fraction of sp³-hybridized carbons (Fsp3) is 0.545. The lowest BCUT2D eigenvalue weighted by molar-refractivity contribution is 0.169. The summed E-state index contributed by atoms with van der Waals surface area (Å²) in [6, 6.07) is 2.07. The summed E-state index contributed by atoms with van der Waals surface area (Å²) in [7, 11) is 1.69. The molecule has 16 heavy (non-hydrogen) atoms. The summed E-state index contributed by atoms with van der Waals surface area (Å²) in [4.78, 5) is 3.93. The van der Waals surface area contributed by atoms with Crippen LogP contribution in [0.2, 0.25) is 5.02 Å². The van der Waals surface area contributed by atoms with Gasteiger partial charge in [-0.15, -0.1) is 0 Å². The van der Waals surface area contributed by atoms with Crippen molar-refractivity contribution in [2.24, 2.45) is 0 Å². The maximum absolute atomic E-state index is 5.77. The number of pyridine rings is 1. The van der Waals surface area contributed by atoms with Crippen LogP contribution in [0.15, 0.2) is 18.5 Å². The third kappa shape index (κ3) is 5.30. The van der Waals surface area contributed by atoms with Gasteiger partial charge in [0.1, 0.15) is 12.4 Å². The van der Waals surface area contributed by atoms with E-state index in [4.69, 9.17) is 21.1 Å². The van der Waals surface area contributed by atoms with E-state index in [1.165, 1.54) is 0 Å². The van der Waals surface area contributed by atoms with Gasteiger partial charge in [-0.3, -0.25) is 4.98 Å². The molecule has 0 aliphatic carbocycles. The first-order chi connectivity index (χ1) is 7.72. The third-order valence-corrected chi connectivity index (χ3v) is 2.17. The number of aromatic nitrogens is 1. The molecular weight excluding hydrogens is 228 g/mol. The Labute approximate surface area is 101 Å². The highest BCUT2D eigenvalue weighted by molar-refractivity contribution is 6.30. The first-order valence-electron chi connectivity index (χ1n) is 5.18. The highest BCUT2D eigenvalue weighted by Crippen LogP contribution is 2.14. The molecule has 1 aromatic rings. The van der Waals surface area contributed by atoms with Crippen LogP contribution in [0, 0.1) is 0 Å². The Morgan fingerprint density at radius 3 is 3.00 bits per heavy atom. The smallest absolute Gasteiger partial charge is 0.139 e. The molecule has 0 bridgehead atoms. The molecule has 0 aromatic carbocycles. The van der Waals surface area contributed by atoms with E-state index in [1.54, 1.807) is 25.6 Å². The van der Waals surface area contributed by atoms with Gasteiger partial charge < -0.3 is 14.8 Å². The van der Waals surface area contributed by atoms with Crippen LogP contribution in [0.4, 0.5) is 0 Å². The van der Waals surface area contributed by atoms with Crippen molar-refractivity contribution < 1.29 is 9.47 Å². The molecule has 0 aliphatic heterocycles. The van der Waals surface area contributed by atoms with Gasteiger partial charge in [0.25, 0.3) is 0 Å². The standard InChI is InChI=1S/C11H17ClN2O2/c1-9(8-15-2)14-3-4-16-11-5-10(12)6-13-7-11/h5-7,9,14H,3-4,8H2,1-2H3. The monoisotopic (exact) mass is 244 g/mol. The van der Waals surface area contributed by atoms with Crippen molar-refractivity contribution in [3.63, 3.8) is 0 Å². The van der Waals surface area contributed by atoms with Crippen molar-refractivity contribution in [1.29, 1.82) is 0 Å². The molecule has 1 heterocycles. The molecular formula is C11H17ClN2O2. The van der Waals surface area contributed by atoms with Crippen molar-refractivity contribution in [2.75, 3.05) is 26.9 Å². The highest BCUT2D eigenvalue weighted by atomic mass is 35.5. The van der Waals surface area contributed by atoms with Crippen molar-refractivity contribution in [2.45, 2.75) is 13.0 Å². The predicted molar refractivity (Wildman–Crippen MR) is 64.1 cm³/mol. The Balaban J connectivity index is 2.16. The van der Waals surface area contributed by atoms with Crippen molar-refractivity contribution in [1.82, 2.24) is 10.3 Å². The van der Waals surface area contributed by atoms with Crippen LogP contribution in [0.5, 0.6) is 5.75 Å². The normalized spacial score (nSPS) is 12.4. The van der Waals surface area contributed by atoms with Gasteiger partial charge in [0.15, 0.2) is 0 Å². The van der Waals surface area contributed by atoms with Crippen LogP contribution in [-0.4, -0.2) is 37.9 Å². The van der Waals surface area contributed by atoms with Crippen LogP contribution in [0.1, 0.15) is 6.92 Å². The summed E-state index contributed by atoms with van der Waals surface area (Å²) in [6.45, 7) is 4.09.